The van der Waals surface area contributed by atoms with Gasteiger partial charge in [-0.3, -0.25) is 0 Å². The standard InChI is InChI=1S/C15H22ClNO2S/c1-4-13-7-5-6-8-17(13)20(18,19)15-10-11(2)14(16)9-12(15)3/h9-10,13H,4-8H2,1-3H3. The quantitative estimate of drug-likeness (QED) is 0.848. The largest absolute Gasteiger partial charge is 0.243 e. The summed E-state index contributed by atoms with van der Waals surface area (Å²) in [5.41, 5.74) is 1.53. The molecule has 1 saturated heterocycles. The molecule has 1 aromatic rings. The maximum absolute atomic E-state index is 12.9. The molecule has 5 heteroatoms. The third-order valence-electron chi connectivity index (χ3n) is 4.09. The highest BCUT2D eigenvalue weighted by Gasteiger charge is 2.33. The minimum atomic E-state index is -3.42. The van der Waals surface area contributed by atoms with Gasteiger partial charge in [-0.05, 0) is 56.4 Å². The second-order valence-electron chi connectivity index (χ2n) is 5.54. The van der Waals surface area contributed by atoms with Crippen LogP contribution in [0.2, 0.25) is 5.02 Å². The van der Waals surface area contributed by atoms with Crippen LogP contribution < -0.4 is 0 Å². The predicted molar refractivity (Wildman–Crippen MR) is 82.7 cm³/mol. The van der Waals surface area contributed by atoms with E-state index in [1.165, 1.54) is 0 Å². The number of piperidine rings is 1. The summed E-state index contributed by atoms with van der Waals surface area (Å²) in [4.78, 5) is 0.403. The van der Waals surface area contributed by atoms with Crippen LogP contribution in [-0.4, -0.2) is 25.3 Å². The average molecular weight is 316 g/mol. The molecule has 112 valence electrons. The normalized spacial score (nSPS) is 21.1. The van der Waals surface area contributed by atoms with Crippen LogP contribution in [-0.2, 0) is 10.0 Å². The van der Waals surface area contributed by atoms with E-state index in [0.717, 1.165) is 36.8 Å². The van der Waals surface area contributed by atoms with Gasteiger partial charge in [-0.1, -0.05) is 24.9 Å². The van der Waals surface area contributed by atoms with Crippen molar-refractivity contribution in [2.24, 2.45) is 0 Å². The number of nitrogens with zero attached hydrogens (tertiary/aromatic N) is 1. The van der Waals surface area contributed by atoms with Gasteiger partial charge in [0.25, 0.3) is 0 Å². The van der Waals surface area contributed by atoms with Crippen LogP contribution in [0.5, 0.6) is 0 Å². The second kappa shape index (κ2) is 6.04. The Kier molecular flexibility index (Phi) is 4.77. The number of sulfonamides is 1. The van der Waals surface area contributed by atoms with Gasteiger partial charge in [-0.2, -0.15) is 4.31 Å². The number of hydrogen-bond acceptors (Lipinski definition) is 2. The lowest BCUT2D eigenvalue weighted by Crippen LogP contribution is -2.43. The van der Waals surface area contributed by atoms with Gasteiger partial charge in [0.15, 0.2) is 0 Å². The molecule has 1 heterocycles. The minimum absolute atomic E-state index is 0.129. The molecule has 1 unspecified atom stereocenters. The zero-order valence-electron chi connectivity index (χ0n) is 12.3. The SMILES string of the molecule is CCC1CCCCN1S(=O)(=O)c1cc(C)c(Cl)cc1C. The van der Waals surface area contributed by atoms with Gasteiger partial charge in [0, 0.05) is 17.6 Å². The Morgan fingerprint density at radius 1 is 1.25 bits per heavy atom. The molecule has 1 fully saturated rings. The Morgan fingerprint density at radius 2 is 1.95 bits per heavy atom. The summed E-state index contributed by atoms with van der Waals surface area (Å²) in [6.07, 6.45) is 3.89. The molecule has 1 aliphatic heterocycles. The molecule has 0 radical (unpaired) electrons. The maximum Gasteiger partial charge on any atom is 0.243 e. The average Bonchev–Trinajstić information content (AvgIpc) is 2.42. The van der Waals surface area contributed by atoms with E-state index >= 15 is 0 Å². The first-order valence-electron chi connectivity index (χ1n) is 7.16. The number of hydrogen-bond donors (Lipinski definition) is 0. The number of aryl methyl sites for hydroxylation is 2. The van der Waals surface area contributed by atoms with Crippen LogP contribution in [0.25, 0.3) is 0 Å². The summed E-state index contributed by atoms with van der Waals surface area (Å²) < 4.78 is 27.5. The van der Waals surface area contributed by atoms with Crippen molar-refractivity contribution in [3.05, 3.63) is 28.3 Å². The fourth-order valence-corrected chi connectivity index (χ4v) is 5.14. The van der Waals surface area contributed by atoms with Crippen LogP contribution in [0.15, 0.2) is 17.0 Å². The highest BCUT2D eigenvalue weighted by molar-refractivity contribution is 7.89. The fraction of sp³-hybridized carbons (Fsp3) is 0.600. The highest BCUT2D eigenvalue weighted by Crippen LogP contribution is 2.30. The molecule has 2 rings (SSSR count). The highest BCUT2D eigenvalue weighted by atomic mass is 35.5. The van der Waals surface area contributed by atoms with E-state index in [2.05, 4.69) is 6.92 Å². The van der Waals surface area contributed by atoms with E-state index in [9.17, 15) is 8.42 Å². The Bertz CT molecular complexity index is 598. The van der Waals surface area contributed by atoms with Crippen LogP contribution >= 0.6 is 11.6 Å². The first-order chi connectivity index (χ1) is 9.37. The number of halogens is 1. The van der Waals surface area contributed by atoms with Crippen molar-refractivity contribution in [3.8, 4) is 0 Å². The molecule has 0 aliphatic carbocycles. The smallest absolute Gasteiger partial charge is 0.207 e. The van der Waals surface area contributed by atoms with Crippen LogP contribution in [0, 0.1) is 13.8 Å². The topological polar surface area (TPSA) is 37.4 Å². The summed E-state index contributed by atoms with van der Waals surface area (Å²) in [6.45, 7) is 6.33. The molecule has 1 aromatic carbocycles. The Morgan fingerprint density at radius 3 is 2.60 bits per heavy atom. The molecule has 1 aliphatic rings. The maximum atomic E-state index is 12.9. The molecule has 0 spiro atoms. The summed E-state index contributed by atoms with van der Waals surface area (Å²) in [7, 11) is -3.42. The predicted octanol–water partition coefficient (Wildman–Crippen LogP) is 3.91. The molecule has 0 aromatic heterocycles. The van der Waals surface area contributed by atoms with Crippen molar-refractivity contribution < 1.29 is 8.42 Å². The van der Waals surface area contributed by atoms with Gasteiger partial charge in [0.2, 0.25) is 10.0 Å². The van der Waals surface area contributed by atoms with E-state index in [0.29, 0.717) is 16.5 Å². The molecule has 0 N–H and O–H groups in total. The first-order valence-corrected chi connectivity index (χ1v) is 8.98. The van der Waals surface area contributed by atoms with E-state index in [4.69, 9.17) is 11.6 Å². The summed E-state index contributed by atoms with van der Waals surface area (Å²) >= 11 is 6.07. The minimum Gasteiger partial charge on any atom is -0.207 e. The Balaban J connectivity index is 2.46. The molecular formula is C15H22ClNO2S. The van der Waals surface area contributed by atoms with Gasteiger partial charge in [-0.25, -0.2) is 8.42 Å². The summed E-state index contributed by atoms with van der Waals surface area (Å²) in [6, 6.07) is 3.58. The zero-order valence-corrected chi connectivity index (χ0v) is 13.9. The molecule has 20 heavy (non-hydrogen) atoms. The Hall–Kier alpha value is -0.580. The van der Waals surface area contributed by atoms with E-state index in [1.807, 2.05) is 13.8 Å². The van der Waals surface area contributed by atoms with Crippen LogP contribution in [0.3, 0.4) is 0 Å². The lowest BCUT2D eigenvalue weighted by molar-refractivity contribution is 0.246. The third kappa shape index (κ3) is 2.87. The zero-order chi connectivity index (χ0) is 14.9. The molecule has 3 nitrogen and oxygen atoms in total. The van der Waals surface area contributed by atoms with Crippen LogP contribution in [0.1, 0.15) is 43.7 Å². The van der Waals surface area contributed by atoms with Crippen molar-refractivity contribution in [2.45, 2.75) is 57.4 Å². The number of rotatable bonds is 3. The molecular weight excluding hydrogens is 294 g/mol. The summed E-state index contributed by atoms with van der Waals surface area (Å²) in [5, 5.41) is 0.618. The van der Waals surface area contributed by atoms with Gasteiger partial charge in [-0.15, -0.1) is 0 Å². The first kappa shape index (κ1) is 15.8. The Labute approximate surface area is 127 Å². The van der Waals surface area contributed by atoms with Gasteiger partial charge in [0.05, 0.1) is 4.90 Å². The number of benzene rings is 1. The van der Waals surface area contributed by atoms with E-state index in [-0.39, 0.29) is 6.04 Å². The summed E-state index contributed by atoms with van der Waals surface area (Å²) in [5.74, 6) is 0. The fourth-order valence-electron chi connectivity index (χ4n) is 2.86. The van der Waals surface area contributed by atoms with E-state index in [1.54, 1.807) is 16.4 Å². The monoisotopic (exact) mass is 315 g/mol. The van der Waals surface area contributed by atoms with E-state index < -0.39 is 10.0 Å². The lowest BCUT2D eigenvalue weighted by atomic mass is 10.0. The van der Waals surface area contributed by atoms with Crippen molar-refractivity contribution in [1.82, 2.24) is 4.31 Å². The second-order valence-corrected chi connectivity index (χ2v) is 7.81. The molecule has 0 saturated carbocycles. The molecule has 1 atom stereocenters. The van der Waals surface area contributed by atoms with Gasteiger partial charge < -0.3 is 0 Å². The lowest BCUT2D eigenvalue weighted by Gasteiger charge is -2.34. The van der Waals surface area contributed by atoms with Crippen molar-refractivity contribution in [3.63, 3.8) is 0 Å². The van der Waals surface area contributed by atoms with Crippen molar-refractivity contribution >= 4 is 21.6 Å². The van der Waals surface area contributed by atoms with Crippen molar-refractivity contribution in [2.75, 3.05) is 6.54 Å². The van der Waals surface area contributed by atoms with Gasteiger partial charge >= 0.3 is 0 Å². The van der Waals surface area contributed by atoms with Crippen LogP contribution in [0.4, 0.5) is 0 Å². The van der Waals surface area contributed by atoms with Gasteiger partial charge in [0.1, 0.15) is 0 Å². The molecule has 0 amide bonds. The third-order valence-corrected chi connectivity index (χ3v) is 6.59. The van der Waals surface area contributed by atoms with Crippen molar-refractivity contribution in [1.29, 1.82) is 0 Å². The molecule has 0 bridgehead atoms.